The van der Waals surface area contributed by atoms with Crippen molar-refractivity contribution < 1.29 is 9.15 Å². The third-order valence-corrected chi connectivity index (χ3v) is 3.23. The Morgan fingerprint density at radius 3 is 2.40 bits per heavy atom. The van der Waals surface area contributed by atoms with Crippen molar-refractivity contribution in [2.24, 2.45) is 11.8 Å². The Kier molecular flexibility index (Phi) is 8.63. The lowest BCUT2D eigenvalue weighted by molar-refractivity contribution is 0.103. The Morgan fingerprint density at radius 2 is 1.85 bits per heavy atom. The number of ether oxygens (including phenoxy) is 1. The molecule has 0 radical (unpaired) electrons. The Hall–Kier alpha value is -0.800. The second kappa shape index (κ2) is 10.0. The predicted octanol–water partition coefficient (Wildman–Crippen LogP) is 4.24. The van der Waals surface area contributed by atoms with Crippen molar-refractivity contribution >= 4 is 0 Å². The quantitative estimate of drug-likeness (QED) is 0.616. The molecular formula is C17H31NO2. The van der Waals surface area contributed by atoms with E-state index in [1.165, 1.54) is 12.8 Å². The van der Waals surface area contributed by atoms with E-state index in [2.05, 4.69) is 33.0 Å². The van der Waals surface area contributed by atoms with E-state index in [1.54, 1.807) is 6.26 Å². The molecule has 0 aliphatic rings. The minimum atomic E-state index is 0.578. The van der Waals surface area contributed by atoms with E-state index in [-0.39, 0.29) is 0 Å². The molecule has 0 aliphatic heterocycles. The van der Waals surface area contributed by atoms with Crippen molar-refractivity contribution in [1.29, 1.82) is 0 Å². The largest absolute Gasteiger partial charge is 0.467 e. The molecule has 0 spiro atoms. The van der Waals surface area contributed by atoms with Crippen LogP contribution in [0, 0.1) is 11.8 Å². The normalized spacial score (nSPS) is 11.9. The molecule has 1 aromatic rings. The molecule has 20 heavy (non-hydrogen) atoms. The molecule has 3 heteroatoms. The molecule has 1 heterocycles. The van der Waals surface area contributed by atoms with Crippen LogP contribution in [0.15, 0.2) is 22.8 Å². The van der Waals surface area contributed by atoms with Crippen molar-refractivity contribution in [3.05, 3.63) is 24.2 Å². The summed E-state index contributed by atoms with van der Waals surface area (Å²) in [6, 6.07) is 4.47. The van der Waals surface area contributed by atoms with Gasteiger partial charge in [-0.05, 0) is 49.8 Å². The number of hydrogen-bond donors (Lipinski definition) is 1. The first-order valence-electron chi connectivity index (χ1n) is 7.91. The number of furan rings is 1. The van der Waals surface area contributed by atoms with Crippen molar-refractivity contribution in [1.82, 2.24) is 5.32 Å². The zero-order valence-electron chi connectivity index (χ0n) is 13.5. The second-order valence-electron chi connectivity index (χ2n) is 6.40. The molecule has 0 bridgehead atoms. The van der Waals surface area contributed by atoms with Gasteiger partial charge in [0, 0.05) is 12.6 Å². The van der Waals surface area contributed by atoms with Crippen LogP contribution in [0.25, 0.3) is 0 Å². The summed E-state index contributed by atoms with van der Waals surface area (Å²) in [6.45, 7) is 11.6. The van der Waals surface area contributed by atoms with Gasteiger partial charge in [0.1, 0.15) is 12.4 Å². The zero-order valence-corrected chi connectivity index (χ0v) is 13.5. The molecule has 3 nitrogen and oxygen atoms in total. The summed E-state index contributed by atoms with van der Waals surface area (Å²) in [6.07, 6.45) is 5.24. The summed E-state index contributed by atoms with van der Waals surface area (Å²) < 4.78 is 10.8. The molecule has 0 unspecified atom stereocenters. The van der Waals surface area contributed by atoms with Crippen LogP contribution < -0.4 is 5.32 Å². The van der Waals surface area contributed by atoms with Crippen molar-refractivity contribution in [2.75, 3.05) is 13.2 Å². The lowest BCUT2D eigenvalue weighted by Crippen LogP contribution is -2.33. The van der Waals surface area contributed by atoms with E-state index in [1.807, 2.05) is 12.1 Å². The highest BCUT2D eigenvalue weighted by Gasteiger charge is 2.11. The van der Waals surface area contributed by atoms with Crippen LogP contribution in [-0.2, 0) is 11.3 Å². The van der Waals surface area contributed by atoms with Crippen LogP contribution in [0.1, 0.15) is 52.7 Å². The molecule has 0 fully saturated rings. The average Bonchev–Trinajstić information content (AvgIpc) is 2.84. The van der Waals surface area contributed by atoms with Gasteiger partial charge in [0.2, 0.25) is 0 Å². The van der Waals surface area contributed by atoms with E-state index < -0.39 is 0 Å². The summed E-state index contributed by atoms with van der Waals surface area (Å²) in [5.74, 6) is 2.40. The molecule has 1 N–H and O–H groups in total. The highest BCUT2D eigenvalue weighted by Crippen LogP contribution is 2.13. The van der Waals surface area contributed by atoms with Gasteiger partial charge in [-0.25, -0.2) is 0 Å². The number of hydrogen-bond acceptors (Lipinski definition) is 3. The first-order chi connectivity index (χ1) is 9.58. The lowest BCUT2D eigenvalue weighted by atomic mass is 9.95. The van der Waals surface area contributed by atoms with E-state index in [0.29, 0.717) is 12.6 Å². The smallest absolute Gasteiger partial charge is 0.129 e. The molecule has 0 aliphatic carbocycles. The van der Waals surface area contributed by atoms with Crippen molar-refractivity contribution in [3.8, 4) is 0 Å². The molecule has 1 rings (SSSR count). The SMILES string of the molecule is CC(C)CC(CC(C)C)NCCCOCc1ccco1. The Bertz CT molecular complexity index is 310. The minimum absolute atomic E-state index is 0.578. The van der Waals surface area contributed by atoms with Gasteiger partial charge in [-0.15, -0.1) is 0 Å². The van der Waals surface area contributed by atoms with Crippen LogP contribution in [0.4, 0.5) is 0 Å². The van der Waals surface area contributed by atoms with Gasteiger partial charge in [0.25, 0.3) is 0 Å². The average molecular weight is 281 g/mol. The Morgan fingerprint density at radius 1 is 1.15 bits per heavy atom. The van der Waals surface area contributed by atoms with Gasteiger partial charge < -0.3 is 14.5 Å². The van der Waals surface area contributed by atoms with Gasteiger partial charge in [-0.1, -0.05) is 27.7 Å². The van der Waals surface area contributed by atoms with Crippen LogP contribution in [0.5, 0.6) is 0 Å². The fourth-order valence-electron chi connectivity index (χ4n) is 2.45. The number of nitrogens with one attached hydrogen (secondary N) is 1. The topological polar surface area (TPSA) is 34.4 Å². The third-order valence-electron chi connectivity index (χ3n) is 3.23. The van der Waals surface area contributed by atoms with Crippen LogP contribution in [0.3, 0.4) is 0 Å². The molecule has 0 aromatic carbocycles. The summed E-state index contributed by atoms with van der Waals surface area (Å²) >= 11 is 0. The minimum Gasteiger partial charge on any atom is -0.467 e. The summed E-state index contributed by atoms with van der Waals surface area (Å²) in [5, 5.41) is 3.67. The van der Waals surface area contributed by atoms with Crippen LogP contribution in [0.2, 0.25) is 0 Å². The lowest BCUT2D eigenvalue weighted by Gasteiger charge is -2.22. The van der Waals surface area contributed by atoms with Gasteiger partial charge in [0.05, 0.1) is 6.26 Å². The first-order valence-corrected chi connectivity index (χ1v) is 7.91. The maximum absolute atomic E-state index is 5.59. The Labute approximate surface area is 124 Å². The molecule has 116 valence electrons. The highest BCUT2D eigenvalue weighted by atomic mass is 16.5. The van der Waals surface area contributed by atoms with E-state index in [9.17, 15) is 0 Å². The van der Waals surface area contributed by atoms with E-state index >= 15 is 0 Å². The third kappa shape index (κ3) is 8.39. The maximum atomic E-state index is 5.59. The molecule has 0 atom stereocenters. The summed E-state index contributed by atoms with van der Waals surface area (Å²) in [5.41, 5.74) is 0. The van der Waals surface area contributed by atoms with E-state index in [4.69, 9.17) is 9.15 Å². The molecule has 0 saturated heterocycles. The van der Waals surface area contributed by atoms with Gasteiger partial charge in [-0.3, -0.25) is 0 Å². The maximum Gasteiger partial charge on any atom is 0.129 e. The van der Waals surface area contributed by atoms with Gasteiger partial charge in [-0.2, -0.15) is 0 Å². The molecule has 0 saturated carbocycles. The standard InChI is InChI=1S/C17H31NO2/c1-14(2)11-16(12-15(3)4)18-8-6-9-19-13-17-7-5-10-20-17/h5,7,10,14-16,18H,6,8-9,11-13H2,1-4H3. The van der Waals surface area contributed by atoms with Crippen LogP contribution in [-0.4, -0.2) is 19.2 Å². The number of rotatable bonds is 11. The van der Waals surface area contributed by atoms with Crippen molar-refractivity contribution in [3.63, 3.8) is 0 Å². The van der Waals surface area contributed by atoms with Gasteiger partial charge >= 0.3 is 0 Å². The summed E-state index contributed by atoms with van der Waals surface area (Å²) in [4.78, 5) is 0. The molecular weight excluding hydrogens is 250 g/mol. The van der Waals surface area contributed by atoms with Crippen molar-refractivity contribution in [2.45, 2.75) is 59.6 Å². The molecule has 1 aromatic heterocycles. The summed E-state index contributed by atoms with van der Waals surface area (Å²) in [7, 11) is 0. The predicted molar refractivity (Wildman–Crippen MR) is 83.7 cm³/mol. The first kappa shape index (κ1) is 17.3. The fraction of sp³-hybridized carbons (Fsp3) is 0.765. The monoisotopic (exact) mass is 281 g/mol. The fourth-order valence-corrected chi connectivity index (χ4v) is 2.45. The van der Waals surface area contributed by atoms with Gasteiger partial charge in [0.15, 0.2) is 0 Å². The molecule has 0 amide bonds. The van der Waals surface area contributed by atoms with Crippen LogP contribution >= 0.6 is 0 Å². The Balaban J connectivity index is 2.07. The second-order valence-corrected chi connectivity index (χ2v) is 6.40. The van der Waals surface area contributed by atoms with E-state index in [0.717, 1.165) is 37.2 Å². The highest BCUT2D eigenvalue weighted by molar-refractivity contribution is 4.95. The zero-order chi connectivity index (χ0) is 14.8.